The molecule has 2 saturated carbocycles. The molecule has 0 atom stereocenters. The zero-order chi connectivity index (χ0) is 19.5. The van der Waals surface area contributed by atoms with Crippen molar-refractivity contribution in [1.82, 2.24) is 14.5 Å². The van der Waals surface area contributed by atoms with Gasteiger partial charge in [-0.25, -0.2) is 4.98 Å². The predicted octanol–water partition coefficient (Wildman–Crippen LogP) is 5.65. The lowest BCUT2D eigenvalue weighted by atomic mass is 9.88. The maximum absolute atomic E-state index is 13.7. The van der Waals surface area contributed by atoms with Gasteiger partial charge in [0.05, 0.1) is 11.0 Å². The molecule has 28 heavy (non-hydrogen) atoms. The maximum atomic E-state index is 13.7. The van der Waals surface area contributed by atoms with Crippen molar-refractivity contribution in [1.29, 1.82) is 0 Å². The number of hydrogen-bond acceptors (Lipinski definition) is 2. The van der Waals surface area contributed by atoms with E-state index in [-0.39, 0.29) is 0 Å². The van der Waals surface area contributed by atoms with Crippen LogP contribution in [-0.4, -0.2) is 32.4 Å². The Balaban J connectivity index is 1.64. The molecule has 1 amide bonds. The second kappa shape index (κ2) is 8.67. The SMILES string of the molecule is CC(C)c1nc2ccccc2n1CC(=O)N(C1CCCCC1)C1CCCCC1. The predicted molar refractivity (Wildman–Crippen MR) is 114 cm³/mol. The third-order valence-electron chi connectivity index (χ3n) is 6.72. The summed E-state index contributed by atoms with van der Waals surface area (Å²) in [5.41, 5.74) is 2.09. The van der Waals surface area contributed by atoms with E-state index >= 15 is 0 Å². The molecule has 4 nitrogen and oxygen atoms in total. The van der Waals surface area contributed by atoms with E-state index in [0.717, 1.165) is 16.9 Å². The van der Waals surface area contributed by atoms with Gasteiger partial charge in [0.1, 0.15) is 12.4 Å². The first-order chi connectivity index (χ1) is 13.6. The number of hydrogen-bond donors (Lipinski definition) is 0. The standard InChI is InChI=1S/C24H35N3O/c1-18(2)24-25-21-15-9-10-16-22(21)26(24)17-23(28)27(19-11-5-3-6-12-19)20-13-7-4-8-14-20/h9-10,15-16,18-20H,3-8,11-14,17H2,1-2H3. The highest BCUT2D eigenvalue weighted by Crippen LogP contribution is 2.31. The van der Waals surface area contributed by atoms with Crippen LogP contribution < -0.4 is 0 Å². The Morgan fingerprint density at radius 3 is 2.14 bits per heavy atom. The minimum atomic E-state index is 0.304. The quantitative estimate of drug-likeness (QED) is 0.671. The third kappa shape index (κ3) is 3.97. The summed E-state index contributed by atoms with van der Waals surface area (Å²) in [7, 11) is 0. The molecular formula is C24H35N3O. The fourth-order valence-corrected chi connectivity index (χ4v) is 5.34. The molecule has 152 valence electrons. The number of benzene rings is 1. The van der Waals surface area contributed by atoms with E-state index in [4.69, 9.17) is 4.98 Å². The summed E-state index contributed by atoms with van der Waals surface area (Å²) in [4.78, 5) is 20.9. The molecule has 1 aromatic heterocycles. The molecule has 0 aliphatic heterocycles. The van der Waals surface area contributed by atoms with Gasteiger partial charge < -0.3 is 9.47 Å². The number of fused-ring (bicyclic) bond motifs is 1. The van der Waals surface area contributed by atoms with Gasteiger partial charge >= 0.3 is 0 Å². The highest BCUT2D eigenvalue weighted by Gasteiger charge is 2.33. The number of carbonyl (C=O) groups is 1. The lowest BCUT2D eigenvalue weighted by molar-refractivity contribution is -0.138. The van der Waals surface area contributed by atoms with Crippen LogP contribution in [0.3, 0.4) is 0 Å². The highest BCUT2D eigenvalue weighted by atomic mass is 16.2. The Morgan fingerprint density at radius 2 is 1.57 bits per heavy atom. The lowest BCUT2D eigenvalue weighted by Crippen LogP contribution is -2.50. The summed E-state index contributed by atoms with van der Waals surface area (Å²) in [6.07, 6.45) is 12.5. The van der Waals surface area contributed by atoms with Crippen LogP contribution >= 0.6 is 0 Å². The number of nitrogens with zero attached hydrogens (tertiary/aromatic N) is 3. The largest absolute Gasteiger partial charge is 0.335 e. The Morgan fingerprint density at radius 1 is 1.00 bits per heavy atom. The molecule has 0 unspecified atom stereocenters. The number of carbonyl (C=O) groups excluding carboxylic acids is 1. The average molecular weight is 382 g/mol. The monoisotopic (exact) mass is 381 g/mol. The number of aromatic nitrogens is 2. The molecule has 4 rings (SSSR count). The van der Waals surface area contributed by atoms with Crippen molar-refractivity contribution in [3.05, 3.63) is 30.1 Å². The summed E-state index contributed by atoms with van der Waals surface area (Å²) in [6.45, 7) is 4.77. The van der Waals surface area contributed by atoms with Crippen molar-refractivity contribution in [2.45, 2.75) is 103 Å². The van der Waals surface area contributed by atoms with Crippen molar-refractivity contribution in [2.24, 2.45) is 0 Å². The summed E-state index contributed by atoms with van der Waals surface area (Å²) in [6, 6.07) is 9.13. The Bertz CT molecular complexity index is 779. The minimum Gasteiger partial charge on any atom is -0.335 e. The number of para-hydroxylation sites is 2. The van der Waals surface area contributed by atoms with Crippen molar-refractivity contribution in [3.63, 3.8) is 0 Å². The lowest BCUT2D eigenvalue weighted by Gasteiger charge is -2.42. The van der Waals surface area contributed by atoms with Crippen LogP contribution in [0.15, 0.2) is 24.3 Å². The second-order valence-corrected chi connectivity index (χ2v) is 9.08. The summed E-state index contributed by atoms with van der Waals surface area (Å²) in [5, 5.41) is 0. The Kier molecular flexibility index (Phi) is 6.03. The van der Waals surface area contributed by atoms with Crippen LogP contribution in [0.4, 0.5) is 0 Å². The van der Waals surface area contributed by atoms with Crippen molar-refractivity contribution in [3.8, 4) is 0 Å². The van der Waals surface area contributed by atoms with Gasteiger partial charge in [0.25, 0.3) is 0 Å². The van der Waals surface area contributed by atoms with E-state index < -0.39 is 0 Å². The van der Waals surface area contributed by atoms with Crippen LogP contribution in [0, 0.1) is 0 Å². The Hall–Kier alpha value is -1.84. The zero-order valence-corrected chi connectivity index (χ0v) is 17.6. The molecule has 0 saturated heterocycles. The first-order valence-corrected chi connectivity index (χ1v) is 11.4. The fraction of sp³-hybridized carbons (Fsp3) is 0.667. The van der Waals surface area contributed by atoms with Crippen LogP contribution in [0.25, 0.3) is 11.0 Å². The molecule has 2 aromatic rings. The van der Waals surface area contributed by atoms with Gasteiger partial charge in [-0.05, 0) is 37.8 Å². The smallest absolute Gasteiger partial charge is 0.243 e. The summed E-state index contributed by atoms with van der Waals surface area (Å²) in [5.74, 6) is 1.64. The van der Waals surface area contributed by atoms with E-state index in [0.29, 0.717) is 30.5 Å². The van der Waals surface area contributed by atoms with Crippen LogP contribution in [0.1, 0.15) is 89.8 Å². The van der Waals surface area contributed by atoms with E-state index in [1.807, 2.05) is 6.07 Å². The highest BCUT2D eigenvalue weighted by molar-refractivity contribution is 5.81. The number of imidazole rings is 1. The van der Waals surface area contributed by atoms with E-state index in [9.17, 15) is 4.79 Å². The molecule has 0 N–H and O–H groups in total. The molecular weight excluding hydrogens is 346 g/mol. The molecule has 1 aromatic carbocycles. The van der Waals surface area contributed by atoms with Crippen molar-refractivity contribution in [2.75, 3.05) is 0 Å². The van der Waals surface area contributed by atoms with Gasteiger partial charge in [-0.1, -0.05) is 64.5 Å². The molecule has 2 aliphatic rings. The molecule has 2 fully saturated rings. The topological polar surface area (TPSA) is 38.1 Å². The van der Waals surface area contributed by atoms with Gasteiger partial charge in [-0.3, -0.25) is 4.79 Å². The molecule has 1 heterocycles. The van der Waals surface area contributed by atoms with Crippen LogP contribution in [-0.2, 0) is 11.3 Å². The second-order valence-electron chi connectivity index (χ2n) is 9.08. The first kappa shape index (κ1) is 19.5. The van der Waals surface area contributed by atoms with Crippen molar-refractivity contribution >= 4 is 16.9 Å². The van der Waals surface area contributed by atoms with Crippen molar-refractivity contribution < 1.29 is 4.79 Å². The average Bonchev–Trinajstić information content (AvgIpc) is 3.09. The van der Waals surface area contributed by atoms with Gasteiger partial charge in [0.2, 0.25) is 5.91 Å². The van der Waals surface area contributed by atoms with Gasteiger partial charge in [-0.2, -0.15) is 0 Å². The zero-order valence-electron chi connectivity index (χ0n) is 17.6. The summed E-state index contributed by atoms with van der Waals surface area (Å²) >= 11 is 0. The van der Waals surface area contributed by atoms with Gasteiger partial charge in [-0.15, -0.1) is 0 Å². The molecule has 0 radical (unpaired) electrons. The normalized spacial score (nSPS) is 19.4. The van der Waals surface area contributed by atoms with Gasteiger partial charge in [0.15, 0.2) is 0 Å². The van der Waals surface area contributed by atoms with Gasteiger partial charge in [0, 0.05) is 18.0 Å². The van der Waals surface area contributed by atoms with E-state index in [1.54, 1.807) is 0 Å². The number of amides is 1. The first-order valence-electron chi connectivity index (χ1n) is 11.4. The summed E-state index contributed by atoms with van der Waals surface area (Å²) < 4.78 is 2.18. The van der Waals surface area contributed by atoms with E-state index in [1.165, 1.54) is 64.2 Å². The third-order valence-corrected chi connectivity index (χ3v) is 6.72. The minimum absolute atomic E-state index is 0.304. The molecule has 4 heteroatoms. The Labute approximate surface area is 169 Å². The molecule has 0 spiro atoms. The van der Waals surface area contributed by atoms with E-state index in [2.05, 4.69) is 41.5 Å². The maximum Gasteiger partial charge on any atom is 0.243 e. The fourth-order valence-electron chi connectivity index (χ4n) is 5.34. The molecule has 2 aliphatic carbocycles. The van der Waals surface area contributed by atoms with Crippen LogP contribution in [0.2, 0.25) is 0 Å². The number of rotatable bonds is 5. The van der Waals surface area contributed by atoms with Crippen LogP contribution in [0.5, 0.6) is 0 Å². The molecule has 0 bridgehead atoms.